The van der Waals surface area contributed by atoms with E-state index in [0.29, 0.717) is 23.4 Å². The van der Waals surface area contributed by atoms with Gasteiger partial charge < -0.3 is 14.1 Å². The Morgan fingerprint density at radius 2 is 2.27 bits per heavy atom. The maximum atomic E-state index is 12.1. The van der Waals surface area contributed by atoms with Crippen LogP contribution < -0.4 is 5.56 Å². The largest absolute Gasteiger partial charge is 0.463 e. The Morgan fingerprint density at radius 1 is 1.45 bits per heavy atom. The topological polar surface area (TPSA) is 85.2 Å². The third-order valence-corrected chi connectivity index (χ3v) is 4.41. The molecule has 0 spiro atoms. The number of fused-ring (bicyclic) bond motifs is 1. The van der Waals surface area contributed by atoms with Gasteiger partial charge in [-0.15, -0.1) is 11.3 Å². The first-order valence-electron chi connectivity index (χ1n) is 6.79. The summed E-state index contributed by atoms with van der Waals surface area (Å²) in [6, 6.07) is 5.08. The van der Waals surface area contributed by atoms with Crippen LogP contribution in [0.25, 0.3) is 10.2 Å². The van der Waals surface area contributed by atoms with Gasteiger partial charge in [0.2, 0.25) is 5.76 Å². The number of rotatable bonds is 4. The van der Waals surface area contributed by atoms with Crippen LogP contribution in [0.3, 0.4) is 0 Å². The zero-order chi connectivity index (χ0) is 15.7. The number of ether oxygens (including phenoxy) is 1. The van der Waals surface area contributed by atoms with Gasteiger partial charge in [-0.2, -0.15) is 0 Å². The number of hydrogen-bond donors (Lipinski definition) is 1. The average molecular weight is 318 g/mol. The van der Waals surface area contributed by atoms with Gasteiger partial charge in [0.25, 0.3) is 5.56 Å². The number of aromatic amines is 1. The Hall–Kier alpha value is -2.41. The minimum Gasteiger partial charge on any atom is -0.463 e. The Balaban J connectivity index is 1.92. The zero-order valence-electron chi connectivity index (χ0n) is 12.1. The van der Waals surface area contributed by atoms with E-state index in [1.165, 1.54) is 24.5 Å². The van der Waals surface area contributed by atoms with E-state index in [1.807, 2.05) is 13.0 Å². The number of aryl methyl sites for hydroxylation is 1. The van der Waals surface area contributed by atoms with E-state index in [9.17, 15) is 9.59 Å². The van der Waals surface area contributed by atoms with Gasteiger partial charge in [0.1, 0.15) is 16.4 Å². The molecular weight excluding hydrogens is 304 g/mol. The molecule has 0 aliphatic heterocycles. The van der Waals surface area contributed by atoms with Gasteiger partial charge in [0.05, 0.1) is 18.9 Å². The number of H-pyrrole nitrogens is 1. The smallest absolute Gasteiger partial charge is 0.373 e. The summed E-state index contributed by atoms with van der Waals surface area (Å²) in [5.41, 5.74) is -0.157. The summed E-state index contributed by atoms with van der Waals surface area (Å²) in [7, 11) is 1.29. The number of hydrogen-bond acceptors (Lipinski definition) is 6. The van der Waals surface area contributed by atoms with Crippen molar-refractivity contribution in [3.63, 3.8) is 0 Å². The highest BCUT2D eigenvalue weighted by atomic mass is 32.1. The summed E-state index contributed by atoms with van der Waals surface area (Å²) >= 11 is 1.51. The monoisotopic (exact) mass is 318 g/mol. The molecule has 0 saturated heterocycles. The van der Waals surface area contributed by atoms with Crippen molar-refractivity contribution in [2.45, 2.75) is 19.8 Å². The Bertz CT molecular complexity index is 890. The van der Waals surface area contributed by atoms with E-state index >= 15 is 0 Å². The standard InChI is InChI=1S/C15H14N2O4S/c1-3-9-7-10-13(18)16-12(17-14(10)22-9)6-8-4-5-11(21-8)15(19)20-2/h4-5,7H,3,6H2,1-2H3,(H,16,17,18). The van der Waals surface area contributed by atoms with Gasteiger partial charge in [-0.05, 0) is 24.6 Å². The van der Waals surface area contributed by atoms with Crippen molar-refractivity contribution < 1.29 is 13.9 Å². The van der Waals surface area contributed by atoms with E-state index < -0.39 is 5.97 Å². The van der Waals surface area contributed by atoms with Crippen LogP contribution in [0.15, 0.2) is 27.4 Å². The molecule has 1 N–H and O–H groups in total. The predicted molar refractivity (Wildman–Crippen MR) is 82.5 cm³/mol. The second kappa shape index (κ2) is 5.76. The number of thiophene rings is 1. The molecule has 0 radical (unpaired) electrons. The maximum absolute atomic E-state index is 12.1. The number of nitrogens with one attached hydrogen (secondary N) is 1. The third kappa shape index (κ3) is 2.67. The van der Waals surface area contributed by atoms with Gasteiger partial charge in [0, 0.05) is 4.88 Å². The fourth-order valence-electron chi connectivity index (χ4n) is 2.13. The number of aromatic nitrogens is 2. The first-order valence-corrected chi connectivity index (χ1v) is 7.61. The van der Waals surface area contributed by atoms with Crippen LogP contribution in [0.2, 0.25) is 0 Å². The van der Waals surface area contributed by atoms with Crippen LogP contribution in [0, 0.1) is 0 Å². The van der Waals surface area contributed by atoms with Gasteiger partial charge in [-0.3, -0.25) is 4.79 Å². The number of methoxy groups -OCH3 is 1. The highest BCUT2D eigenvalue weighted by Gasteiger charge is 2.13. The fraction of sp³-hybridized carbons (Fsp3) is 0.267. The first kappa shape index (κ1) is 14.5. The molecule has 0 bridgehead atoms. The molecule has 7 heteroatoms. The van der Waals surface area contributed by atoms with E-state index in [4.69, 9.17) is 4.42 Å². The zero-order valence-corrected chi connectivity index (χ0v) is 13.0. The molecule has 0 aliphatic rings. The highest BCUT2D eigenvalue weighted by molar-refractivity contribution is 7.18. The molecule has 0 unspecified atom stereocenters. The van der Waals surface area contributed by atoms with E-state index in [0.717, 1.165) is 16.1 Å². The number of esters is 1. The lowest BCUT2D eigenvalue weighted by Gasteiger charge is -1.98. The van der Waals surface area contributed by atoms with Crippen molar-refractivity contribution in [1.29, 1.82) is 0 Å². The van der Waals surface area contributed by atoms with Crippen LogP contribution in [0.5, 0.6) is 0 Å². The van der Waals surface area contributed by atoms with Crippen molar-refractivity contribution in [2.75, 3.05) is 7.11 Å². The first-order chi connectivity index (χ1) is 10.6. The second-order valence-corrected chi connectivity index (χ2v) is 5.85. The van der Waals surface area contributed by atoms with Crippen LogP contribution in [-0.2, 0) is 17.6 Å². The van der Waals surface area contributed by atoms with Crippen molar-refractivity contribution in [3.8, 4) is 0 Å². The van der Waals surface area contributed by atoms with Crippen LogP contribution in [0.1, 0.15) is 33.9 Å². The lowest BCUT2D eigenvalue weighted by molar-refractivity contribution is 0.0563. The van der Waals surface area contributed by atoms with E-state index in [-0.39, 0.29) is 11.3 Å². The molecule has 22 heavy (non-hydrogen) atoms. The molecule has 114 valence electrons. The van der Waals surface area contributed by atoms with Gasteiger partial charge in [0.15, 0.2) is 0 Å². The lowest BCUT2D eigenvalue weighted by atomic mass is 10.3. The number of nitrogens with zero attached hydrogens (tertiary/aromatic N) is 1. The SMILES string of the molecule is CCc1cc2c(=O)[nH]c(Cc3ccc(C(=O)OC)o3)nc2s1. The molecule has 3 heterocycles. The minimum absolute atomic E-state index is 0.130. The van der Waals surface area contributed by atoms with Gasteiger partial charge in [-0.1, -0.05) is 6.92 Å². The lowest BCUT2D eigenvalue weighted by Crippen LogP contribution is -2.10. The summed E-state index contributed by atoms with van der Waals surface area (Å²) in [6.07, 6.45) is 1.18. The normalized spacial score (nSPS) is 11.0. The second-order valence-electron chi connectivity index (χ2n) is 4.73. The number of carbonyl (C=O) groups is 1. The van der Waals surface area contributed by atoms with Crippen molar-refractivity contribution in [3.05, 3.63) is 50.8 Å². The molecule has 3 rings (SSSR count). The third-order valence-electron chi connectivity index (χ3n) is 3.24. The van der Waals surface area contributed by atoms with Crippen molar-refractivity contribution in [1.82, 2.24) is 9.97 Å². The maximum Gasteiger partial charge on any atom is 0.373 e. The van der Waals surface area contributed by atoms with E-state index in [2.05, 4.69) is 14.7 Å². The fourth-order valence-corrected chi connectivity index (χ4v) is 3.12. The average Bonchev–Trinajstić information content (AvgIpc) is 3.13. The number of furan rings is 1. The van der Waals surface area contributed by atoms with Crippen LogP contribution >= 0.6 is 11.3 Å². The summed E-state index contributed by atoms with van der Waals surface area (Å²) in [5, 5.41) is 0.611. The Labute approximate surface area is 129 Å². The molecule has 3 aromatic rings. The molecule has 0 aromatic carbocycles. The highest BCUT2D eigenvalue weighted by Crippen LogP contribution is 2.22. The molecule has 0 aliphatic carbocycles. The van der Waals surface area contributed by atoms with Gasteiger partial charge in [-0.25, -0.2) is 9.78 Å². The van der Waals surface area contributed by atoms with Crippen molar-refractivity contribution >= 4 is 27.5 Å². The van der Waals surface area contributed by atoms with Crippen LogP contribution in [0.4, 0.5) is 0 Å². The molecule has 6 nitrogen and oxygen atoms in total. The summed E-state index contributed by atoms with van der Waals surface area (Å²) < 4.78 is 9.97. The number of carbonyl (C=O) groups excluding carboxylic acids is 1. The molecule has 3 aromatic heterocycles. The quantitative estimate of drug-likeness (QED) is 0.747. The molecule has 0 saturated carbocycles. The van der Waals surface area contributed by atoms with E-state index in [1.54, 1.807) is 6.07 Å². The summed E-state index contributed by atoms with van der Waals surface area (Å²) in [4.78, 5) is 32.5. The van der Waals surface area contributed by atoms with Crippen LogP contribution in [-0.4, -0.2) is 23.0 Å². The molecule has 0 amide bonds. The predicted octanol–water partition coefficient (Wildman–Crippen LogP) is 2.52. The Morgan fingerprint density at radius 3 is 3.00 bits per heavy atom. The molecule has 0 atom stereocenters. The minimum atomic E-state index is -0.533. The van der Waals surface area contributed by atoms with Crippen molar-refractivity contribution in [2.24, 2.45) is 0 Å². The Kier molecular flexibility index (Phi) is 3.81. The summed E-state index contributed by atoms with van der Waals surface area (Å²) in [6.45, 7) is 2.04. The molecule has 0 fully saturated rings. The molecular formula is C15H14N2O4S. The summed E-state index contributed by atoms with van der Waals surface area (Å²) in [5.74, 6) is 0.641. The van der Waals surface area contributed by atoms with Gasteiger partial charge >= 0.3 is 5.97 Å².